The minimum absolute atomic E-state index is 0.00151. The highest BCUT2D eigenvalue weighted by Gasteiger charge is 2.33. The summed E-state index contributed by atoms with van der Waals surface area (Å²) in [5, 5.41) is -0.381. The Balaban J connectivity index is 2.39. The molecule has 0 aliphatic rings. The molecular weight excluding hydrogens is 398 g/mol. The van der Waals surface area contributed by atoms with Crippen molar-refractivity contribution >= 4 is 50.5 Å². The van der Waals surface area contributed by atoms with Crippen molar-refractivity contribution < 1.29 is 21.6 Å². The minimum atomic E-state index is -4.71. The maximum Gasteiger partial charge on any atom is 0.417 e. The summed E-state index contributed by atoms with van der Waals surface area (Å²) in [5.41, 5.74) is -1.43. The highest BCUT2D eigenvalue weighted by molar-refractivity contribution is 7.92. The monoisotopic (exact) mass is 403 g/mol. The van der Waals surface area contributed by atoms with Crippen molar-refractivity contribution in [3.8, 4) is 0 Å². The van der Waals surface area contributed by atoms with Crippen molar-refractivity contribution in [2.75, 3.05) is 4.72 Å². The number of alkyl halides is 3. The molecule has 0 radical (unpaired) electrons. The molecule has 0 saturated carbocycles. The summed E-state index contributed by atoms with van der Waals surface area (Å²) in [4.78, 5) is -0.240. The topological polar surface area (TPSA) is 46.2 Å². The Labute approximate surface area is 145 Å². The van der Waals surface area contributed by atoms with Gasteiger partial charge >= 0.3 is 6.18 Å². The first-order valence-corrected chi connectivity index (χ1v) is 8.47. The molecular formula is C13H7Cl3F3NO2S. The predicted molar refractivity (Wildman–Crippen MR) is 83.7 cm³/mol. The van der Waals surface area contributed by atoms with Crippen LogP contribution >= 0.6 is 34.8 Å². The van der Waals surface area contributed by atoms with Crippen LogP contribution in [-0.4, -0.2) is 8.42 Å². The fourth-order valence-electron chi connectivity index (χ4n) is 1.66. The largest absolute Gasteiger partial charge is 0.417 e. The molecule has 0 amide bonds. The van der Waals surface area contributed by atoms with Crippen molar-refractivity contribution in [1.29, 1.82) is 0 Å². The van der Waals surface area contributed by atoms with Crippen molar-refractivity contribution in [2.24, 2.45) is 0 Å². The molecule has 0 atom stereocenters. The summed E-state index contributed by atoms with van der Waals surface area (Å²) in [6.07, 6.45) is -4.71. The molecule has 2 rings (SSSR count). The quantitative estimate of drug-likeness (QED) is 0.738. The van der Waals surface area contributed by atoms with Gasteiger partial charge in [0.15, 0.2) is 0 Å². The molecule has 0 aliphatic heterocycles. The van der Waals surface area contributed by atoms with E-state index in [1.165, 1.54) is 12.1 Å². The fraction of sp³-hybridized carbons (Fsp3) is 0.0769. The third-order valence-corrected chi connectivity index (χ3v) is 5.17. The molecule has 0 bridgehead atoms. The first-order valence-electron chi connectivity index (χ1n) is 5.85. The average molecular weight is 405 g/mol. The highest BCUT2D eigenvalue weighted by atomic mass is 35.5. The maximum absolute atomic E-state index is 12.8. The van der Waals surface area contributed by atoms with Gasteiger partial charge in [-0.25, -0.2) is 8.42 Å². The van der Waals surface area contributed by atoms with Crippen LogP contribution in [0, 0.1) is 0 Å². The van der Waals surface area contributed by atoms with Crippen LogP contribution in [0.15, 0.2) is 41.3 Å². The molecule has 10 heteroatoms. The number of anilines is 1. The van der Waals surface area contributed by atoms with E-state index >= 15 is 0 Å². The molecule has 0 spiro atoms. The van der Waals surface area contributed by atoms with E-state index in [2.05, 4.69) is 0 Å². The average Bonchev–Trinajstić information content (AvgIpc) is 2.42. The van der Waals surface area contributed by atoms with Crippen LogP contribution in [0.1, 0.15) is 5.56 Å². The molecule has 0 fully saturated rings. The zero-order chi connectivity index (χ0) is 17.4. The Kier molecular flexibility index (Phi) is 5.06. The van der Waals surface area contributed by atoms with Crippen LogP contribution in [0.4, 0.5) is 18.9 Å². The zero-order valence-corrected chi connectivity index (χ0v) is 14.0. The van der Waals surface area contributed by atoms with Crippen molar-refractivity contribution in [3.05, 3.63) is 57.0 Å². The molecule has 2 aromatic carbocycles. The molecule has 0 aromatic heterocycles. The number of benzene rings is 2. The van der Waals surface area contributed by atoms with E-state index in [0.717, 1.165) is 18.2 Å². The predicted octanol–water partition coefficient (Wildman–Crippen LogP) is 5.47. The van der Waals surface area contributed by atoms with E-state index in [0.29, 0.717) is 6.07 Å². The molecule has 3 nitrogen and oxygen atoms in total. The summed E-state index contributed by atoms with van der Waals surface area (Å²) in [7, 11) is -4.13. The smallest absolute Gasteiger partial charge is 0.280 e. The van der Waals surface area contributed by atoms with Crippen LogP contribution in [-0.2, 0) is 16.2 Å². The molecule has 2 aromatic rings. The maximum atomic E-state index is 12.8. The molecule has 0 unspecified atom stereocenters. The first kappa shape index (κ1) is 18.2. The molecule has 23 heavy (non-hydrogen) atoms. The van der Waals surface area contributed by atoms with Gasteiger partial charge in [-0.05, 0) is 36.4 Å². The number of hydrogen-bond acceptors (Lipinski definition) is 2. The molecule has 0 heterocycles. The molecule has 0 aliphatic carbocycles. The standard InChI is InChI=1S/C13H7Cl3F3NO2S/c14-10-3-1-7(5-9(10)13(17,18)19)20-23(21,22)8-2-4-11(15)12(16)6-8/h1-6,20H. The van der Waals surface area contributed by atoms with Gasteiger partial charge in [-0.1, -0.05) is 34.8 Å². The first-order chi connectivity index (χ1) is 10.5. The zero-order valence-electron chi connectivity index (χ0n) is 11.0. The van der Waals surface area contributed by atoms with Gasteiger partial charge in [0, 0.05) is 5.69 Å². The second-order valence-corrected chi connectivity index (χ2v) is 7.28. The molecule has 124 valence electrons. The lowest BCUT2D eigenvalue weighted by molar-refractivity contribution is -0.137. The lowest BCUT2D eigenvalue weighted by Crippen LogP contribution is -2.14. The Morgan fingerprint density at radius 2 is 1.48 bits per heavy atom. The Bertz CT molecular complexity index is 854. The second-order valence-electron chi connectivity index (χ2n) is 4.37. The van der Waals surface area contributed by atoms with E-state index in [1.54, 1.807) is 0 Å². The van der Waals surface area contributed by atoms with Crippen LogP contribution in [0.2, 0.25) is 15.1 Å². The van der Waals surface area contributed by atoms with Crippen molar-refractivity contribution in [3.63, 3.8) is 0 Å². The summed E-state index contributed by atoms with van der Waals surface area (Å²) >= 11 is 16.9. The van der Waals surface area contributed by atoms with Crippen molar-refractivity contribution in [1.82, 2.24) is 0 Å². The number of nitrogens with one attached hydrogen (secondary N) is 1. The number of halogens is 6. The van der Waals surface area contributed by atoms with Crippen LogP contribution in [0.3, 0.4) is 0 Å². The minimum Gasteiger partial charge on any atom is -0.280 e. The third-order valence-electron chi connectivity index (χ3n) is 2.73. The number of rotatable bonds is 3. The normalized spacial score (nSPS) is 12.3. The number of sulfonamides is 1. The summed E-state index contributed by atoms with van der Waals surface area (Å²) in [6.45, 7) is 0. The molecule has 0 saturated heterocycles. The van der Waals surface area contributed by atoms with Gasteiger partial charge in [0.2, 0.25) is 0 Å². The van der Waals surface area contributed by atoms with E-state index in [9.17, 15) is 21.6 Å². The summed E-state index contributed by atoms with van der Waals surface area (Å²) < 4.78 is 64.8. The highest BCUT2D eigenvalue weighted by Crippen LogP contribution is 2.36. The van der Waals surface area contributed by atoms with Gasteiger partial charge in [-0.3, -0.25) is 4.72 Å². The Hall–Kier alpha value is -1.15. The Morgan fingerprint density at radius 1 is 0.870 bits per heavy atom. The van der Waals surface area contributed by atoms with Gasteiger partial charge in [-0.15, -0.1) is 0 Å². The third kappa shape index (κ3) is 4.23. The van der Waals surface area contributed by atoms with Gasteiger partial charge in [0.1, 0.15) is 0 Å². The van der Waals surface area contributed by atoms with E-state index in [-0.39, 0.29) is 20.6 Å². The van der Waals surface area contributed by atoms with Crippen LogP contribution in [0.25, 0.3) is 0 Å². The van der Waals surface area contributed by atoms with E-state index < -0.39 is 26.8 Å². The van der Waals surface area contributed by atoms with Crippen molar-refractivity contribution in [2.45, 2.75) is 11.1 Å². The number of hydrogen-bond donors (Lipinski definition) is 1. The van der Waals surface area contributed by atoms with Gasteiger partial charge in [0.25, 0.3) is 10.0 Å². The lowest BCUT2D eigenvalue weighted by Gasteiger charge is -2.13. The van der Waals surface area contributed by atoms with Crippen LogP contribution in [0.5, 0.6) is 0 Å². The summed E-state index contributed by atoms with van der Waals surface area (Å²) in [6, 6.07) is 6.21. The van der Waals surface area contributed by atoms with Gasteiger partial charge in [0.05, 0.1) is 25.5 Å². The van der Waals surface area contributed by atoms with Gasteiger partial charge in [-0.2, -0.15) is 13.2 Å². The van der Waals surface area contributed by atoms with E-state index in [1.807, 2.05) is 4.72 Å². The van der Waals surface area contributed by atoms with E-state index in [4.69, 9.17) is 34.8 Å². The lowest BCUT2D eigenvalue weighted by atomic mass is 10.2. The SMILES string of the molecule is O=S(=O)(Nc1ccc(Cl)c(C(F)(F)F)c1)c1ccc(Cl)c(Cl)c1. The summed E-state index contributed by atoms with van der Waals surface area (Å²) in [5.74, 6) is 0. The fourth-order valence-corrected chi connectivity index (χ4v) is 3.33. The van der Waals surface area contributed by atoms with Crippen LogP contribution < -0.4 is 4.72 Å². The molecule has 1 N–H and O–H groups in total. The second kappa shape index (κ2) is 6.39. The Morgan fingerprint density at radius 3 is 2.04 bits per heavy atom. The van der Waals surface area contributed by atoms with Gasteiger partial charge < -0.3 is 0 Å².